The molecule has 0 bridgehead atoms. The largest absolute Gasteiger partial charge is 0.388 e. The van der Waals surface area contributed by atoms with Crippen LogP contribution in [0.5, 0.6) is 0 Å². The van der Waals surface area contributed by atoms with E-state index in [1.54, 1.807) is 0 Å². The molecule has 0 amide bonds. The fourth-order valence-corrected chi connectivity index (χ4v) is 2.16. The van der Waals surface area contributed by atoms with Crippen LogP contribution in [-0.2, 0) is 6.42 Å². The highest BCUT2D eigenvalue weighted by Gasteiger charge is 2.10. The summed E-state index contributed by atoms with van der Waals surface area (Å²) in [5.74, 6) is 0. The molecule has 1 unspecified atom stereocenters. The van der Waals surface area contributed by atoms with E-state index in [-0.39, 0.29) is 0 Å². The van der Waals surface area contributed by atoms with Crippen molar-refractivity contribution < 1.29 is 5.11 Å². The van der Waals surface area contributed by atoms with Crippen LogP contribution in [0.25, 0.3) is 0 Å². The lowest BCUT2D eigenvalue weighted by Crippen LogP contribution is -2.03. The number of benzene rings is 2. The Hall–Kier alpha value is -1.31. The van der Waals surface area contributed by atoms with E-state index in [9.17, 15) is 5.11 Å². The molecular weight excluding hydrogens is 244 g/mol. The van der Waals surface area contributed by atoms with E-state index >= 15 is 0 Å². The number of halogens is 1. The highest BCUT2D eigenvalue weighted by atomic mass is 35.5. The molecule has 0 fully saturated rings. The van der Waals surface area contributed by atoms with Crippen molar-refractivity contribution >= 4 is 11.6 Å². The molecule has 0 heterocycles. The molecule has 0 aliphatic heterocycles. The maximum Gasteiger partial charge on any atom is 0.0830 e. The van der Waals surface area contributed by atoms with Crippen LogP contribution in [0.1, 0.15) is 28.4 Å². The van der Waals surface area contributed by atoms with E-state index in [1.165, 1.54) is 11.1 Å². The lowest BCUT2D eigenvalue weighted by molar-refractivity contribution is 0.178. The molecule has 2 rings (SSSR count). The van der Waals surface area contributed by atoms with Gasteiger partial charge in [-0.05, 0) is 42.2 Å². The zero-order valence-electron chi connectivity index (χ0n) is 10.7. The fourth-order valence-electron chi connectivity index (χ4n) is 2.04. The molecule has 0 saturated heterocycles. The van der Waals surface area contributed by atoms with E-state index in [1.807, 2.05) is 37.3 Å². The van der Waals surface area contributed by atoms with Crippen LogP contribution < -0.4 is 0 Å². The monoisotopic (exact) mass is 260 g/mol. The van der Waals surface area contributed by atoms with E-state index in [0.29, 0.717) is 6.42 Å². The Morgan fingerprint density at radius 2 is 1.78 bits per heavy atom. The van der Waals surface area contributed by atoms with E-state index < -0.39 is 6.10 Å². The predicted octanol–water partition coefficient (Wildman–Crippen LogP) is 4.23. The maximum atomic E-state index is 10.3. The Morgan fingerprint density at radius 3 is 2.44 bits per heavy atom. The van der Waals surface area contributed by atoms with Gasteiger partial charge in [0, 0.05) is 11.4 Å². The number of hydrogen-bond acceptors (Lipinski definition) is 1. The van der Waals surface area contributed by atoms with Crippen molar-refractivity contribution in [2.75, 3.05) is 0 Å². The van der Waals surface area contributed by atoms with Gasteiger partial charge in [0.1, 0.15) is 0 Å². The Balaban J connectivity index is 2.19. The molecule has 0 aromatic heterocycles. The molecule has 18 heavy (non-hydrogen) atoms. The van der Waals surface area contributed by atoms with Gasteiger partial charge in [0.05, 0.1) is 6.10 Å². The third-order valence-electron chi connectivity index (χ3n) is 3.24. The van der Waals surface area contributed by atoms with Gasteiger partial charge in [0.25, 0.3) is 0 Å². The Bertz CT molecular complexity index is 549. The molecular formula is C16H17ClO. The molecule has 0 saturated carbocycles. The number of aryl methyl sites for hydroxylation is 2. The first kappa shape index (κ1) is 13.1. The molecule has 1 N–H and O–H groups in total. The summed E-state index contributed by atoms with van der Waals surface area (Å²) in [6.45, 7) is 4.02. The second kappa shape index (κ2) is 5.55. The van der Waals surface area contributed by atoms with Crippen molar-refractivity contribution in [2.45, 2.75) is 26.4 Å². The second-order valence-electron chi connectivity index (χ2n) is 4.66. The number of aliphatic hydroxyl groups is 1. The SMILES string of the molecule is Cc1cc(C(O)Cc2ccccc2C)ccc1Cl. The molecule has 0 aliphatic carbocycles. The molecule has 0 aliphatic rings. The number of hydrogen-bond donors (Lipinski definition) is 1. The third kappa shape index (κ3) is 2.92. The first-order valence-electron chi connectivity index (χ1n) is 6.06. The summed E-state index contributed by atoms with van der Waals surface area (Å²) in [4.78, 5) is 0. The Labute approximate surface area is 113 Å². The van der Waals surface area contributed by atoms with Gasteiger partial charge < -0.3 is 5.11 Å². The molecule has 1 atom stereocenters. The smallest absolute Gasteiger partial charge is 0.0830 e. The van der Waals surface area contributed by atoms with Gasteiger partial charge in [-0.25, -0.2) is 0 Å². The van der Waals surface area contributed by atoms with Gasteiger partial charge in [-0.1, -0.05) is 48.0 Å². The van der Waals surface area contributed by atoms with Crippen LogP contribution in [0.4, 0.5) is 0 Å². The summed E-state index contributed by atoms with van der Waals surface area (Å²) in [7, 11) is 0. The lowest BCUT2D eigenvalue weighted by atomic mass is 9.97. The summed E-state index contributed by atoms with van der Waals surface area (Å²) >= 11 is 5.99. The molecule has 0 spiro atoms. The quantitative estimate of drug-likeness (QED) is 0.876. The Kier molecular flexibility index (Phi) is 4.05. The van der Waals surface area contributed by atoms with E-state index in [0.717, 1.165) is 16.1 Å². The third-order valence-corrected chi connectivity index (χ3v) is 3.67. The summed E-state index contributed by atoms with van der Waals surface area (Å²) in [5.41, 5.74) is 4.30. The highest BCUT2D eigenvalue weighted by Crippen LogP contribution is 2.24. The standard InChI is InChI=1S/C16H17ClO/c1-11-5-3-4-6-13(11)10-16(18)14-7-8-15(17)12(2)9-14/h3-9,16,18H,10H2,1-2H3. The molecule has 1 nitrogen and oxygen atoms in total. The van der Waals surface area contributed by atoms with Crippen molar-refractivity contribution in [3.05, 3.63) is 69.7 Å². The van der Waals surface area contributed by atoms with Crippen LogP contribution in [0.3, 0.4) is 0 Å². The van der Waals surface area contributed by atoms with Crippen molar-refractivity contribution in [3.63, 3.8) is 0 Å². The van der Waals surface area contributed by atoms with Crippen LogP contribution in [-0.4, -0.2) is 5.11 Å². The first-order chi connectivity index (χ1) is 8.58. The van der Waals surface area contributed by atoms with Gasteiger partial charge in [-0.2, -0.15) is 0 Å². The summed E-state index contributed by atoms with van der Waals surface area (Å²) < 4.78 is 0. The van der Waals surface area contributed by atoms with E-state index in [2.05, 4.69) is 19.1 Å². The molecule has 2 heteroatoms. The first-order valence-corrected chi connectivity index (χ1v) is 6.44. The van der Waals surface area contributed by atoms with Crippen molar-refractivity contribution in [1.82, 2.24) is 0 Å². The van der Waals surface area contributed by atoms with Crippen molar-refractivity contribution in [3.8, 4) is 0 Å². The summed E-state index contributed by atoms with van der Waals surface area (Å²) in [6, 6.07) is 13.8. The highest BCUT2D eigenvalue weighted by molar-refractivity contribution is 6.31. The normalized spacial score (nSPS) is 12.4. The summed E-state index contributed by atoms with van der Waals surface area (Å²) in [5, 5.41) is 11.0. The fraction of sp³-hybridized carbons (Fsp3) is 0.250. The van der Waals surface area contributed by atoms with Crippen LogP contribution in [0.2, 0.25) is 5.02 Å². The van der Waals surface area contributed by atoms with Gasteiger partial charge in [-0.15, -0.1) is 0 Å². The molecule has 2 aromatic carbocycles. The average molecular weight is 261 g/mol. The minimum atomic E-state index is -0.484. The molecule has 94 valence electrons. The maximum absolute atomic E-state index is 10.3. The van der Waals surface area contributed by atoms with Gasteiger partial charge in [0.15, 0.2) is 0 Å². The number of aliphatic hydroxyl groups excluding tert-OH is 1. The second-order valence-corrected chi connectivity index (χ2v) is 5.06. The Morgan fingerprint density at radius 1 is 1.06 bits per heavy atom. The van der Waals surface area contributed by atoms with Gasteiger partial charge in [-0.3, -0.25) is 0 Å². The number of rotatable bonds is 3. The van der Waals surface area contributed by atoms with Crippen LogP contribution in [0, 0.1) is 13.8 Å². The van der Waals surface area contributed by atoms with E-state index in [4.69, 9.17) is 11.6 Å². The molecule has 2 aromatic rings. The lowest BCUT2D eigenvalue weighted by Gasteiger charge is -2.14. The van der Waals surface area contributed by atoms with Crippen molar-refractivity contribution in [1.29, 1.82) is 0 Å². The molecule has 0 radical (unpaired) electrons. The zero-order chi connectivity index (χ0) is 13.1. The predicted molar refractivity (Wildman–Crippen MR) is 76.0 cm³/mol. The minimum absolute atomic E-state index is 0.484. The van der Waals surface area contributed by atoms with Gasteiger partial charge >= 0.3 is 0 Å². The zero-order valence-corrected chi connectivity index (χ0v) is 11.4. The van der Waals surface area contributed by atoms with Crippen LogP contribution >= 0.6 is 11.6 Å². The average Bonchev–Trinajstić information content (AvgIpc) is 2.35. The summed E-state index contributed by atoms with van der Waals surface area (Å²) in [6.07, 6.45) is 0.148. The van der Waals surface area contributed by atoms with Gasteiger partial charge in [0.2, 0.25) is 0 Å². The van der Waals surface area contributed by atoms with Crippen molar-refractivity contribution in [2.24, 2.45) is 0 Å². The topological polar surface area (TPSA) is 20.2 Å². The minimum Gasteiger partial charge on any atom is -0.388 e. The van der Waals surface area contributed by atoms with Crippen LogP contribution in [0.15, 0.2) is 42.5 Å².